The third kappa shape index (κ3) is 6.56. The Hall–Kier alpha value is -1.56. The highest BCUT2D eigenvalue weighted by Crippen LogP contribution is 2.24. The number of carbonyl (C=O) groups is 2. The monoisotopic (exact) mass is 342 g/mol. The van der Waals surface area contributed by atoms with E-state index in [0.29, 0.717) is 17.9 Å². The second kappa shape index (κ2) is 9.36. The Bertz CT molecular complexity index is 452. The van der Waals surface area contributed by atoms with E-state index in [4.69, 9.17) is 10.5 Å². The molecule has 0 atom stereocenters. The predicted molar refractivity (Wildman–Crippen MR) is 82.0 cm³/mol. The Morgan fingerprint density at radius 2 is 1.95 bits per heavy atom. The van der Waals surface area contributed by atoms with Crippen molar-refractivity contribution in [1.82, 2.24) is 0 Å². The Kier molecular flexibility index (Phi) is 7.72. The van der Waals surface area contributed by atoms with Crippen LogP contribution < -0.4 is 15.8 Å². The summed E-state index contributed by atoms with van der Waals surface area (Å²) in [5.74, 6) is 0.0841. The standard InChI is InChI=1S/C14H19BrN2O3/c15-9-4-3-7-14(19)17-11-5-1-2-6-12(11)20-10-8-13(16)18/h1-2,5-6H,3-4,7-10H2,(H2,16,18)(H,17,19). The Morgan fingerprint density at radius 1 is 1.20 bits per heavy atom. The van der Waals surface area contributed by atoms with Gasteiger partial charge in [-0.1, -0.05) is 28.1 Å². The highest BCUT2D eigenvalue weighted by molar-refractivity contribution is 9.09. The highest BCUT2D eigenvalue weighted by atomic mass is 79.9. The molecular weight excluding hydrogens is 324 g/mol. The normalized spacial score (nSPS) is 10.1. The Morgan fingerprint density at radius 3 is 2.65 bits per heavy atom. The van der Waals surface area contributed by atoms with Crippen LogP contribution in [0.3, 0.4) is 0 Å². The van der Waals surface area contributed by atoms with Crippen molar-refractivity contribution in [1.29, 1.82) is 0 Å². The zero-order chi connectivity index (χ0) is 14.8. The lowest BCUT2D eigenvalue weighted by atomic mass is 10.2. The van der Waals surface area contributed by atoms with Crippen LogP contribution in [0, 0.1) is 0 Å². The van der Waals surface area contributed by atoms with Gasteiger partial charge in [-0.25, -0.2) is 0 Å². The molecule has 1 rings (SSSR count). The van der Waals surface area contributed by atoms with Gasteiger partial charge in [0.1, 0.15) is 5.75 Å². The maximum absolute atomic E-state index is 11.8. The number of primary amides is 1. The van der Waals surface area contributed by atoms with Crippen molar-refractivity contribution in [2.45, 2.75) is 25.7 Å². The number of nitrogens with two attached hydrogens (primary N) is 1. The number of alkyl halides is 1. The molecule has 0 fully saturated rings. The van der Waals surface area contributed by atoms with Crippen LogP contribution in [0.5, 0.6) is 5.75 Å². The number of anilines is 1. The number of hydrogen-bond donors (Lipinski definition) is 2. The molecule has 0 radical (unpaired) electrons. The topological polar surface area (TPSA) is 81.4 Å². The van der Waals surface area contributed by atoms with Crippen molar-refractivity contribution in [2.75, 3.05) is 17.3 Å². The lowest BCUT2D eigenvalue weighted by molar-refractivity contribution is -0.118. The first kappa shape index (κ1) is 16.5. The highest BCUT2D eigenvalue weighted by Gasteiger charge is 2.07. The summed E-state index contributed by atoms with van der Waals surface area (Å²) in [6, 6.07) is 7.13. The molecule has 0 spiro atoms. The van der Waals surface area contributed by atoms with Gasteiger partial charge < -0.3 is 15.8 Å². The number of para-hydroxylation sites is 2. The summed E-state index contributed by atoms with van der Waals surface area (Å²) >= 11 is 3.33. The molecule has 0 saturated heterocycles. The summed E-state index contributed by atoms with van der Waals surface area (Å²) in [4.78, 5) is 22.4. The lowest BCUT2D eigenvalue weighted by Gasteiger charge is -2.11. The number of amides is 2. The molecule has 0 heterocycles. The first-order chi connectivity index (χ1) is 9.63. The third-order valence-corrected chi connectivity index (χ3v) is 3.12. The molecule has 20 heavy (non-hydrogen) atoms. The number of ether oxygens (including phenoxy) is 1. The van der Waals surface area contributed by atoms with E-state index in [1.807, 2.05) is 6.07 Å². The number of halogens is 1. The summed E-state index contributed by atoms with van der Waals surface area (Å²) < 4.78 is 5.45. The van der Waals surface area contributed by atoms with Crippen LogP contribution in [0.25, 0.3) is 0 Å². The molecule has 0 aliphatic heterocycles. The third-order valence-electron chi connectivity index (χ3n) is 2.55. The molecule has 0 aliphatic carbocycles. The number of rotatable bonds is 9. The number of benzene rings is 1. The van der Waals surface area contributed by atoms with E-state index >= 15 is 0 Å². The van der Waals surface area contributed by atoms with Crippen molar-refractivity contribution in [2.24, 2.45) is 5.73 Å². The molecule has 5 nitrogen and oxygen atoms in total. The summed E-state index contributed by atoms with van der Waals surface area (Å²) in [6.07, 6.45) is 2.42. The molecule has 0 aliphatic rings. The van der Waals surface area contributed by atoms with Crippen LogP contribution >= 0.6 is 15.9 Å². The predicted octanol–water partition coefficient (Wildman–Crippen LogP) is 2.44. The first-order valence-corrected chi connectivity index (χ1v) is 7.61. The van der Waals surface area contributed by atoms with Gasteiger partial charge in [-0.2, -0.15) is 0 Å². The van der Waals surface area contributed by atoms with Crippen molar-refractivity contribution in [3.05, 3.63) is 24.3 Å². The largest absolute Gasteiger partial charge is 0.491 e. The number of unbranched alkanes of at least 4 members (excludes halogenated alkanes) is 1. The average Bonchev–Trinajstić information content (AvgIpc) is 2.40. The lowest BCUT2D eigenvalue weighted by Crippen LogP contribution is -2.16. The Labute approximate surface area is 127 Å². The van der Waals surface area contributed by atoms with Crippen LogP contribution in [0.1, 0.15) is 25.7 Å². The molecular formula is C14H19BrN2O3. The van der Waals surface area contributed by atoms with Crippen LogP contribution in [-0.2, 0) is 9.59 Å². The first-order valence-electron chi connectivity index (χ1n) is 6.49. The maximum atomic E-state index is 11.8. The molecule has 0 bridgehead atoms. The molecule has 0 aromatic heterocycles. The molecule has 3 N–H and O–H groups in total. The van der Waals surface area contributed by atoms with Gasteiger partial charge in [0, 0.05) is 11.8 Å². The van der Waals surface area contributed by atoms with Gasteiger partial charge in [-0.3, -0.25) is 9.59 Å². The van der Waals surface area contributed by atoms with Crippen LogP contribution in [0.2, 0.25) is 0 Å². The Balaban J connectivity index is 2.51. The molecule has 2 amide bonds. The molecule has 0 saturated carbocycles. The molecule has 6 heteroatoms. The van der Waals surface area contributed by atoms with E-state index in [2.05, 4.69) is 21.2 Å². The number of nitrogens with one attached hydrogen (secondary N) is 1. The quantitative estimate of drug-likeness (QED) is 0.534. The summed E-state index contributed by atoms with van der Waals surface area (Å²) in [6.45, 7) is 0.200. The average molecular weight is 343 g/mol. The van der Waals surface area contributed by atoms with Gasteiger partial charge in [0.15, 0.2) is 0 Å². The zero-order valence-corrected chi connectivity index (χ0v) is 12.8. The van der Waals surface area contributed by atoms with Gasteiger partial charge in [-0.15, -0.1) is 0 Å². The van der Waals surface area contributed by atoms with E-state index in [-0.39, 0.29) is 18.9 Å². The van der Waals surface area contributed by atoms with Gasteiger partial charge in [-0.05, 0) is 25.0 Å². The van der Waals surface area contributed by atoms with Crippen LogP contribution in [-0.4, -0.2) is 23.8 Å². The van der Waals surface area contributed by atoms with Gasteiger partial charge >= 0.3 is 0 Å². The van der Waals surface area contributed by atoms with Crippen molar-refractivity contribution >= 4 is 33.4 Å². The van der Waals surface area contributed by atoms with Crippen LogP contribution in [0.15, 0.2) is 24.3 Å². The SMILES string of the molecule is NC(=O)CCOc1ccccc1NC(=O)CCCCBr. The molecule has 1 aromatic rings. The fourth-order valence-corrected chi connectivity index (χ4v) is 1.95. The minimum atomic E-state index is -0.415. The number of carbonyl (C=O) groups excluding carboxylic acids is 2. The van der Waals surface area contributed by atoms with E-state index in [9.17, 15) is 9.59 Å². The van der Waals surface area contributed by atoms with E-state index < -0.39 is 5.91 Å². The second-order valence-electron chi connectivity index (χ2n) is 4.26. The fourth-order valence-electron chi connectivity index (χ4n) is 1.55. The van der Waals surface area contributed by atoms with E-state index in [0.717, 1.165) is 18.2 Å². The fraction of sp³-hybridized carbons (Fsp3) is 0.429. The van der Waals surface area contributed by atoms with Crippen molar-refractivity contribution < 1.29 is 14.3 Å². The van der Waals surface area contributed by atoms with E-state index in [1.54, 1.807) is 18.2 Å². The van der Waals surface area contributed by atoms with Crippen molar-refractivity contribution in [3.8, 4) is 5.75 Å². The van der Waals surface area contributed by atoms with Crippen LogP contribution in [0.4, 0.5) is 5.69 Å². The number of hydrogen-bond acceptors (Lipinski definition) is 3. The summed E-state index contributed by atoms with van der Waals surface area (Å²) in [7, 11) is 0. The zero-order valence-electron chi connectivity index (χ0n) is 11.2. The van der Waals surface area contributed by atoms with E-state index in [1.165, 1.54) is 0 Å². The summed E-state index contributed by atoms with van der Waals surface area (Å²) in [5, 5.41) is 3.71. The minimum Gasteiger partial charge on any atom is -0.491 e. The van der Waals surface area contributed by atoms with Gasteiger partial charge in [0.05, 0.1) is 18.7 Å². The minimum absolute atomic E-state index is 0.0445. The molecule has 1 aromatic carbocycles. The molecule has 0 unspecified atom stereocenters. The van der Waals surface area contributed by atoms with Crippen molar-refractivity contribution in [3.63, 3.8) is 0 Å². The maximum Gasteiger partial charge on any atom is 0.224 e. The second-order valence-corrected chi connectivity index (χ2v) is 5.05. The smallest absolute Gasteiger partial charge is 0.224 e. The molecule has 110 valence electrons. The van der Waals surface area contributed by atoms with Gasteiger partial charge in [0.25, 0.3) is 0 Å². The summed E-state index contributed by atoms with van der Waals surface area (Å²) in [5.41, 5.74) is 5.66. The van der Waals surface area contributed by atoms with Gasteiger partial charge in [0.2, 0.25) is 11.8 Å².